The van der Waals surface area contributed by atoms with Crippen LogP contribution in [0.5, 0.6) is 5.75 Å². The van der Waals surface area contributed by atoms with Crippen LogP contribution in [0.1, 0.15) is 6.92 Å². The Kier molecular flexibility index (Phi) is 6.01. The van der Waals surface area contributed by atoms with Crippen LogP contribution in [-0.4, -0.2) is 31.3 Å². The van der Waals surface area contributed by atoms with E-state index >= 15 is 0 Å². The number of nitrogen functional groups attached to an aromatic ring is 1. The summed E-state index contributed by atoms with van der Waals surface area (Å²) < 4.78 is 5.36. The van der Waals surface area contributed by atoms with Crippen molar-refractivity contribution in [2.24, 2.45) is 0 Å². The van der Waals surface area contributed by atoms with E-state index in [9.17, 15) is 9.59 Å². The van der Waals surface area contributed by atoms with Crippen molar-refractivity contribution in [3.05, 3.63) is 18.2 Å². The van der Waals surface area contributed by atoms with E-state index in [1.165, 1.54) is 18.8 Å². The number of thioether (sulfide) groups is 1. The molecule has 0 saturated carbocycles. The summed E-state index contributed by atoms with van der Waals surface area (Å²) in [6.45, 7) is 2.45. The predicted molar refractivity (Wildman–Crippen MR) is 75.3 cm³/mol. The van der Waals surface area contributed by atoms with Crippen LogP contribution in [-0.2, 0) is 4.79 Å². The predicted octanol–water partition coefficient (Wildman–Crippen LogP) is 1.22. The van der Waals surface area contributed by atoms with Crippen molar-refractivity contribution in [2.75, 3.05) is 25.1 Å². The van der Waals surface area contributed by atoms with Gasteiger partial charge in [0.2, 0.25) is 5.91 Å². The highest BCUT2D eigenvalue weighted by molar-refractivity contribution is 8.00. The molecular weight excluding hydrogens is 266 g/mol. The molecule has 1 aromatic rings. The van der Waals surface area contributed by atoms with E-state index in [0.29, 0.717) is 18.0 Å². The molecule has 0 radical (unpaired) electrons. The monoisotopic (exact) mass is 283 g/mol. The Morgan fingerprint density at radius 1 is 1.42 bits per heavy atom. The maximum Gasteiger partial charge on any atom is 0.321 e. The van der Waals surface area contributed by atoms with Gasteiger partial charge in [-0.15, -0.1) is 11.8 Å². The minimum atomic E-state index is -0.526. The van der Waals surface area contributed by atoms with E-state index in [-0.39, 0.29) is 11.7 Å². The number of anilines is 1. The summed E-state index contributed by atoms with van der Waals surface area (Å²) in [5.41, 5.74) is 6.38. The van der Waals surface area contributed by atoms with Crippen LogP contribution < -0.4 is 21.1 Å². The normalized spacial score (nSPS) is 9.79. The van der Waals surface area contributed by atoms with E-state index < -0.39 is 6.03 Å². The summed E-state index contributed by atoms with van der Waals surface area (Å²) in [7, 11) is 1.44. The van der Waals surface area contributed by atoms with E-state index in [4.69, 9.17) is 10.5 Å². The van der Waals surface area contributed by atoms with Crippen LogP contribution in [0.25, 0.3) is 0 Å². The lowest BCUT2D eigenvalue weighted by molar-refractivity contribution is -0.117. The van der Waals surface area contributed by atoms with Gasteiger partial charge in [-0.2, -0.15) is 0 Å². The topological polar surface area (TPSA) is 93.4 Å². The fourth-order valence-corrected chi connectivity index (χ4v) is 2.06. The Hall–Kier alpha value is -1.89. The molecule has 6 nitrogen and oxygen atoms in total. The van der Waals surface area contributed by atoms with Gasteiger partial charge in [-0.05, 0) is 25.1 Å². The van der Waals surface area contributed by atoms with Gasteiger partial charge < -0.3 is 15.8 Å². The zero-order valence-corrected chi connectivity index (χ0v) is 11.7. The molecule has 0 heterocycles. The van der Waals surface area contributed by atoms with Crippen molar-refractivity contribution in [1.82, 2.24) is 10.6 Å². The average molecular weight is 283 g/mol. The van der Waals surface area contributed by atoms with Crippen molar-refractivity contribution in [3.8, 4) is 5.75 Å². The molecule has 0 aliphatic rings. The quantitative estimate of drug-likeness (QED) is 0.558. The molecule has 7 heteroatoms. The second-order valence-corrected chi connectivity index (χ2v) is 4.57. The number of ether oxygens (including phenoxy) is 1. The molecule has 1 rings (SSSR count). The number of nitrogens with two attached hydrogens (primary N) is 1. The Balaban J connectivity index is 2.59. The number of carbonyl (C=O) groups excluding carboxylic acids is 2. The first-order valence-electron chi connectivity index (χ1n) is 5.73. The molecule has 0 aromatic heterocycles. The third-order valence-corrected chi connectivity index (χ3v) is 3.21. The van der Waals surface area contributed by atoms with Gasteiger partial charge in [0.25, 0.3) is 0 Å². The maximum atomic E-state index is 11.4. The fourth-order valence-electron chi connectivity index (χ4n) is 1.26. The van der Waals surface area contributed by atoms with Crippen LogP contribution in [0.4, 0.5) is 10.5 Å². The zero-order valence-electron chi connectivity index (χ0n) is 10.9. The van der Waals surface area contributed by atoms with Gasteiger partial charge in [-0.1, -0.05) is 0 Å². The third-order valence-electron chi connectivity index (χ3n) is 2.13. The van der Waals surface area contributed by atoms with Crippen molar-refractivity contribution < 1.29 is 14.3 Å². The molecule has 0 spiro atoms. The fraction of sp³-hybridized carbons (Fsp3) is 0.333. The summed E-state index contributed by atoms with van der Waals surface area (Å²) in [5, 5.41) is 4.48. The zero-order chi connectivity index (χ0) is 14.3. The first-order valence-corrected chi connectivity index (χ1v) is 6.72. The molecule has 104 valence electrons. The maximum absolute atomic E-state index is 11.4. The Morgan fingerprint density at radius 3 is 2.79 bits per heavy atom. The minimum absolute atomic E-state index is 0.104. The van der Waals surface area contributed by atoms with Crippen LogP contribution in [0, 0.1) is 0 Å². The van der Waals surface area contributed by atoms with Crippen molar-refractivity contribution >= 4 is 29.4 Å². The smallest absolute Gasteiger partial charge is 0.321 e. The first-order chi connectivity index (χ1) is 9.06. The second-order valence-electron chi connectivity index (χ2n) is 3.55. The number of hydrogen-bond acceptors (Lipinski definition) is 5. The molecule has 19 heavy (non-hydrogen) atoms. The van der Waals surface area contributed by atoms with Crippen LogP contribution in [0.2, 0.25) is 0 Å². The van der Waals surface area contributed by atoms with Gasteiger partial charge in [0.05, 0.1) is 12.4 Å². The molecule has 0 aliphatic heterocycles. The van der Waals surface area contributed by atoms with E-state index in [0.717, 1.165) is 4.90 Å². The van der Waals surface area contributed by atoms with Crippen molar-refractivity contribution in [1.29, 1.82) is 0 Å². The molecule has 0 aliphatic carbocycles. The number of nitrogens with one attached hydrogen (secondary N) is 2. The van der Waals surface area contributed by atoms with Crippen LogP contribution >= 0.6 is 11.8 Å². The highest BCUT2D eigenvalue weighted by Gasteiger charge is 2.09. The lowest BCUT2D eigenvalue weighted by atomic mass is 10.3. The molecular formula is C12H17N3O3S. The van der Waals surface area contributed by atoms with Crippen LogP contribution in [0.15, 0.2) is 23.1 Å². The number of rotatable bonds is 5. The van der Waals surface area contributed by atoms with Gasteiger partial charge in [-0.25, -0.2) is 4.79 Å². The molecule has 1 aromatic carbocycles. The largest absolute Gasteiger partial charge is 0.494 e. The summed E-state index contributed by atoms with van der Waals surface area (Å²) in [6, 6.07) is 4.75. The highest BCUT2D eigenvalue weighted by Crippen LogP contribution is 2.29. The number of urea groups is 1. The number of carbonyl (C=O) groups is 2. The van der Waals surface area contributed by atoms with Crippen molar-refractivity contribution in [3.63, 3.8) is 0 Å². The van der Waals surface area contributed by atoms with E-state index in [2.05, 4.69) is 10.6 Å². The van der Waals surface area contributed by atoms with Crippen molar-refractivity contribution in [2.45, 2.75) is 11.8 Å². The summed E-state index contributed by atoms with van der Waals surface area (Å²) in [5.74, 6) is 0.421. The van der Waals surface area contributed by atoms with E-state index in [1.807, 2.05) is 6.92 Å². The highest BCUT2D eigenvalue weighted by atomic mass is 32.2. The molecule has 3 amide bonds. The summed E-state index contributed by atoms with van der Waals surface area (Å²) >= 11 is 1.25. The van der Waals surface area contributed by atoms with Gasteiger partial charge in [0, 0.05) is 17.6 Å². The lowest BCUT2D eigenvalue weighted by Gasteiger charge is -2.09. The lowest BCUT2D eigenvalue weighted by Crippen LogP contribution is -2.38. The number of amides is 3. The number of benzene rings is 1. The molecule has 0 unspecified atom stereocenters. The Morgan fingerprint density at radius 2 is 2.16 bits per heavy atom. The van der Waals surface area contributed by atoms with Gasteiger partial charge >= 0.3 is 6.03 Å². The molecule has 4 N–H and O–H groups in total. The first kappa shape index (κ1) is 15.2. The Bertz CT molecular complexity index is 466. The number of imide groups is 1. The van der Waals surface area contributed by atoms with E-state index in [1.54, 1.807) is 18.2 Å². The number of hydrogen-bond donors (Lipinski definition) is 3. The summed E-state index contributed by atoms with van der Waals surface area (Å²) in [6.07, 6.45) is 0. The standard InChI is InChI=1S/C12H17N3O3S/c1-3-18-8-4-5-9(13)10(6-8)19-7-11(16)15-12(17)14-2/h4-6H,3,7,13H2,1-2H3,(H2,14,15,16,17). The molecule has 0 atom stereocenters. The van der Waals surface area contributed by atoms with Gasteiger partial charge in [-0.3, -0.25) is 10.1 Å². The minimum Gasteiger partial charge on any atom is -0.494 e. The average Bonchev–Trinajstić information content (AvgIpc) is 2.39. The molecule has 0 saturated heterocycles. The Labute approximate surface area is 116 Å². The van der Waals surface area contributed by atoms with Gasteiger partial charge in [0.1, 0.15) is 5.75 Å². The second kappa shape index (κ2) is 7.52. The van der Waals surface area contributed by atoms with Gasteiger partial charge in [0.15, 0.2) is 0 Å². The molecule has 0 fully saturated rings. The third kappa shape index (κ3) is 5.09. The summed E-state index contributed by atoms with van der Waals surface area (Å²) in [4.78, 5) is 23.1. The van der Waals surface area contributed by atoms with Crippen LogP contribution in [0.3, 0.4) is 0 Å². The molecule has 0 bridgehead atoms. The SMILES string of the molecule is CCOc1ccc(N)c(SCC(=O)NC(=O)NC)c1.